The first kappa shape index (κ1) is 25.4. The van der Waals surface area contributed by atoms with E-state index in [4.69, 9.17) is 0 Å². The summed E-state index contributed by atoms with van der Waals surface area (Å²) >= 11 is 0. The average Bonchev–Trinajstić information content (AvgIpc) is 2.90. The molecule has 1 aliphatic heterocycles. The van der Waals surface area contributed by atoms with Crippen LogP contribution in [0.4, 0.5) is 0 Å². The highest BCUT2D eigenvalue weighted by atomic mass is 16.2. The Labute approximate surface area is 213 Å². The van der Waals surface area contributed by atoms with Crippen LogP contribution in [-0.2, 0) is 6.54 Å². The van der Waals surface area contributed by atoms with Gasteiger partial charge in [-0.1, -0.05) is 74.5 Å². The van der Waals surface area contributed by atoms with Crippen molar-refractivity contribution in [3.63, 3.8) is 0 Å². The topological polar surface area (TPSA) is 71.4 Å². The fourth-order valence-corrected chi connectivity index (χ4v) is 4.83. The number of benzene rings is 2. The molecular formula is C30H35N3O3. The van der Waals surface area contributed by atoms with Crippen molar-refractivity contribution >= 4 is 11.8 Å². The molecule has 0 atom stereocenters. The number of aromatic nitrogens is 1. The summed E-state index contributed by atoms with van der Waals surface area (Å²) in [6, 6.07) is 20.0. The Morgan fingerprint density at radius 2 is 1.39 bits per heavy atom. The van der Waals surface area contributed by atoms with Gasteiger partial charge in [0.15, 0.2) is 0 Å². The zero-order chi connectivity index (χ0) is 25.5. The van der Waals surface area contributed by atoms with Crippen LogP contribution in [0.5, 0.6) is 0 Å². The van der Waals surface area contributed by atoms with Crippen LogP contribution in [0.25, 0.3) is 0 Å². The predicted molar refractivity (Wildman–Crippen MR) is 142 cm³/mol. The fraction of sp³-hybridized carbons (Fsp3) is 0.367. The quantitative estimate of drug-likeness (QED) is 0.503. The van der Waals surface area contributed by atoms with E-state index >= 15 is 0 Å². The molecule has 4 rings (SSSR count). The first-order valence-electron chi connectivity index (χ1n) is 12.9. The van der Waals surface area contributed by atoms with Gasteiger partial charge < -0.3 is 14.8 Å². The number of carbonyl (C=O) groups is 2. The molecule has 2 heterocycles. The van der Waals surface area contributed by atoms with Crippen LogP contribution in [0.3, 0.4) is 0 Å². The monoisotopic (exact) mass is 485 g/mol. The van der Waals surface area contributed by atoms with Gasteiger partial charge in [0.1, 0.15) is 11.1 Å². The number of nitrogens with one attached hydrogen (secondary N) is 1. The zero-order valence-electron chi connectivity index (χ0n) is 21.2. The minimum Gasteiger partial charge on any atom is -0.352 e. The highest BCUT2D eigenvalue weighted by molar-refractivity contribution is 5.99. The molecule has 2 aromatic carbocycles. The molecule has 1 N–H and O–H groups in total. The lowest BCUT2D eigenvalue weighted by atomic mass is 9.91. The molecule has 3 aromatic rings. The molecule has 2 amide bonds. The van der Waals surface area contributed by atoms with Crippen LogP contribution in [0.1, 0.15) is 70.9 Å². The van der Waals surface area contributed by atoms with Gasteiger partial charge in [0, 0.05) is 44.5 Å². The standard InChI is InChI=1S/C30H35N3O3/c1-22(2)19-32-20-26(28(34)27(21-32)30(36)33-16-10-5-11-17-33)29(35)31-18-25(23-12-6-3-7-13-23)24-14-8-4-9-15-24/h3-4,6-9,12-15,20-22,25H,5,10-11,16-19H2,1-2H3,(H,31,35). The third kappa shape index (κ3) is 6.11. The predicted octanol–water partition coefficient (Wildman–Crippen LogP) is 4.69. The molecule has 1 fully saturated rings. The molecule has 6 nitrogen and oxygen atoms in total. The molecule has 1 saturated heterocycles. The van der Waals surface area contributed by atoms with E-state index in [0.717, 1.165) is 30.4 Å². The van der Waals surface area contributed by atoms with Crippen molar-refractivity contribution in [3.05, 3.63) is 106 Å². The van der Waals surface area contributed by atoms with Gasteiger partial charge in [-0.15, -0.1) is 0 Å². The minimum atomic E-state index is -0.501. The van der Waals surface area contributed by atoms with Crippen LogP contribution >= 0.6 is 0 Å². The van der Waals surface area contributed by atoms with Crippen LogP contribution < -0.4 is 10.7 Å². The second-order valence-corrected chi connectivity index (χ2v) is 9.94. The normalized spacial score (nSPS) is 13.7. The Bertz CT molecular complexity index is 1190. The summed E-state index contributed by atoms with van der Waals surface area (Å²) in [4.78, 5) is 41.8. The average molecular weight is 486 g/mol. The van der Waals surface area contributed by atoms with Crippen molar-refractivity contribution in [3.8, 4) is 0 Å². The molecule has 0 aliphatic carbocycles. The highest BCUT2D eigenvalue weighted by Crippen LogP contribution is 2.24. The molecule has 0 saturated carbocycles. The van der Waals surface area contributed by atoms with Gasteiger partial charge in [0.2, 0.25) is 5.43 Å². The summed E-state index contributed by atoms with van der Waals surface area (Å²) in [6.45, 7) is 6.37. The van der Waals surface area contributed by atoms with Gasteiger partial charge in [-0.2, -0.15) is 0 Å². The van der Waals surface area contributed by atoms with E-state index in [-0.39, 0.29) is 23.0 Å². The summed E-state index contributed by atoms with van der Waals surface area (Å²) in [6.07, 6.45) is 6.17. The van der Waals surface area contributed by atoms with Crippen molar-refractivity contribution in [2.75, 3.05) is 19.6 Å². The van der Waals surface area contributed by atoms with Gasteiger partial charge in [-0.3, -0.25) is 14.4 Å². The molecule has 0 radical (unpaired) electrons. The second kappa shape index (κ2) is 11.8. The number of rotatable bonds is 8. The Kier molecular flexibility index (Phi) is 8.36. The zero-order valence-corrected chi connectivity index (χ0v) is 21.2. The SMILES string of the molecule is CC(C)Cn1cc(C(=O)NCC(c2ccccc2)c2ccccc2)c(=O)c(C(=O)N2CCCCC2)c1. The Balaban J connectivity index is 1.62. The minimum absolute atomic E-state index is 0.0124. The van der Waals surface area contributed by atoms with Crippen LogP contribution in [0.15, 0.2) is 77.9 Å². The van der Waals surface area contributed by atoms with E-state index in [2.05, 4.69) is 19.2 Å². The molecule has 1 aromatic heterocycles. The first-order chi connectivity index (χ1) is 17.4. The van der Waals surface area contributed by atoms with Gasteiger partial charge in [0.25, 0.3) is 11.8 Å². The lowest BCUT2D eigenvalue weighted by molar-refractivity contribution is 0.0722. The summed E-state index contributed by atoms with van der Waals surface area (Å²) in [5.74, 6) is -0.504. The molecule has 0 bridgehead atoms. The second-order valence-electron chi connectivity index (χ2n) is 9.94. The Morgan fingerprint density at radius 1 is 0.833 bits per heavy atom. The van der Waals surface area contributed by atoms with Crippen molar-refractivity contribution in [1.29, 1.82) is 0 Å². The lowest BCUT2D eigenvalue weighted by Gasteiger charge is -2.27. The molecule has 0 unspecified atom stereocenters. The van der Waals surface area contributed by atoms with E-state index in [1.807, 2.05) is 65.2 Å². The summed E-state index contributed by atoms with van der Waals surface area (Å²) in [7, 11) is 0. The van der Waals surface area contributed by atoms with Crippen LogP contribution in [-0.4, -0.2) is 40.9 Å². The number of likely N-dealkylation sites (tertiary alicyclic amines) is 1. The van der Waals surface area contributed by atoms with Crippen molar-refractivity contribution in [1.82, 2.24) is 14.8 Å². The molecule has 36 heavy (non-hydrogen) atoms. The number of pyridine rings is 1. The molecule has 1 aliphatic rings. The molecule has 0 spiro atoms. The molecule has 188 valence electrons. The van der Waals surface area contributed by atoms with Gasteiger partial charge in [0.05, 0.1) is 0 Å². The van der Waals surface area contributed by atoms with Crippen molar-refractivity contribution in [2.24, 2.45) is 5.92 Å². The summed E-state index contributed by atoms with van der Waals surface area (Å²) in [5, 5.41) is 2.99. The van der Waals surface area contributed by atoms with Crippen molar-refractivity contribution in [2.45, 2.75) is 45.6 Å². The maximum absolute atomic E-state index is 13.4. The van der Waals surface area contributed by atoms with E-state index in [0.29, 0.717) is 32.1 Å². The Hall–Kier alpha value is -3.67. The number of piperidine rings is 1. The highest BCUT2D eigenvalue weighted by Gasteiger charge is 2.25. The number of hydrogen-bond acceptors (Lipinski definition) is 3. The van der Waals surface area contributed by atoms with E-state index in [9.17, 15) is 14.4 Å². The lowest BCUT2D eigenvalue weighted by Crippen LogP contribution is -2.40. The smallest absolute Gasteiger partial charge is 0.259 e. The van der Waals surface area contributed by atoms with E-state index < -0.39 is 11.3 Å². The van der Waals surface area contributed by atoms with Gasteiger partial charge in [-0.25, -0.2) is 0 Å². The van der Waals surface area contributed by atoms with Gasteiger partial charge in [-0.05, 0) is 36.3 Å². The largest absolute Gasteiger partial charge is 0.352 e. The fourth-order valence-electron chi connectivity index (χ4n) is 4.83. The molecular weight excluding hydrogens is 450 g/mol. The number of nitrogens with zero attached hydrogens (tertiary/aromatic N) is 2. The number of hydrogen-bond donors (Lipinski definition) is 1. The van der Waals surface area contributed by atoms with Crippen LogP contribution in [0, 0.1) is 5.92 Å². The maximum Gasteiger partial charge on any atom is 0.259 e. The molecule has 6 heteroatoms. The first-order valence-corrected chi connectivity index (χ1v) is 12.9. The summed E-state index contributed by atoms with van der Waals surface area (Å²) in [5.41, 5.74) is 1.75. The van der Waals surface area contributed by atoms with Crippen molar-refractivity contribution < 1.29 is 9.59 Å². The Morgan fingerprint density at radius 3 is 1.94 bits per heavy atom. The van der Waals surface area contributed by atoms with E-state index in [1.54, 1.807) is 17.3 Å². The van der Waals surface area contributed by atoms with E-state index in [1.165, 1.54) is 0 Å². The van der Waals surface area contributed by atoms with Crippen LogP contribution in [0.2, 0.25) is 0 Å². The number of carbonyl (C=O) groups excluding carboxylic acids is 2. The maximum atomic E-state index is 13.4. The van der Waals surface area contributed by atoms with Gasteiger partial charge >= 0.3 is 0 Å². The summed E-state index contributed by atoms with van der Waals surface area (Å²) < 4.78 is 1.81. The third-order valence-electron chi connectivity index (χ3n) is 6.64. The number of amides is 2. The third-order valence-corrected chi connectivity index (χ3v) is 6.64.